The van der Waals surface area contributed by atoms with Crippen molar-refractivity contribution in [3.8, 4) is 0 Å². The molecule has 2 rings (SSSR count). The molecule has 9 heteroatoms. The third-order valence-corrected chi connectivity index (χ3v) is 4.00. The summed E-state index contributed by atoms with van der Waals surface area (Å²) < 4.78 is 54.1. The molecule has 2 aromatic rings. The van der Waals surface area contributed by atoms with E-state index in [0.717, 1.165) is 12.1 Å². The van der Waals surface area contributed by atoms with Gasteiger partial charge in [0.2, 0.25) is 0 Å². The van der Waals surface area contributed by atoms with Crippen LogP contribution in [-0.2, 0) is 15.6 Å². The molecule has 0 amide bonds. The molecule has 1 N–H and O–H groups in total. The highest BCUT2D eigenvalue weighted by atomic mass is 32.2. The molecule has 0 spiro atoms. The molecule has 0 aliphatic heterocycles. The second-order valence-electron chi connectivity index (χ2n) is 3.82. The minimum absolute atomic E-state index is 0.216. The normalized spacial score (nSPS) is 11.5. The Morgan fingerprint density at radius 3 is 2.50 bits per heavy atom. The zero-order valence-electron chi connectivity index (χ0n) is 9.71. The summed E-state index contributed by atoms with van der Waals surface area (Å²) in [6.45, 7) is 0. The monoisotopic (exact) mass is 303 g/mol. The molecule has 0 aliphatic carbocycles. The summed E-state index contributed by atoms with van der Waals surface area (Å²) in [5, 5.41) is 11.8. The average Bonchev–Trinajstić information content (AvgIpc) is 2.80. The molecule has 6 nitrogen and oxygen atoms in total. The van der Waals surface area contributed by atoms with Gasteiger partial charge in [0.25, 0.3) is 0 Å². The number of carboxylic acids is 1. The van der Waals surface area contributed by atoms with Crippen LogP contribution >= 0.6 is 0 Å². The molecule has 0 bridgehead atoms. The second-order valence-corrected chi connectivity index (χ2v) is 5.81. The number of carbonyl (C=O) groups is 1. The van der Waals surface area contributed by atoms with Crippen LogP contribution in [0.25, 0.3) is 0 Å². The molecular formula is C11H7F2NO5S. The first-order chi connectivity index (χ1) is 9.29. The van der Waals surface area contributed by atoms with E-state index < -0.39 is 43.8 Å². The van der Waals surface area contributed by atoms with Crippen LogP contribution in [0, 0.1) is 11.6 Å². The van der Waals surface area contributed by atoms with Crippen LogP contribution < -0.4 is 0 Å². The maximum Gasteiger partial charge on any atom is 0.358 e. The number of hydrogen-bond acceptors (Lipinski definition) is 5. The Morgan fingerprint density at radius 1 is 1.25 bits per heavy atom. The maximum atomic E-state index is 13.0. The van der Waals surface area contributed by atoms with Gasteiger partial charge in [-0.2, -0.15) is 0 Å². The van der Waals surface area contributed by atoms with E-state index in [1.807, 2.05) is 0 Å². The van der Waals surface area contributed by atoms with Crippen molar-refractivity contribution in [2.75, 3.05) is 0 Å². The highest BCUT2D eigenvalue weighted by Gasteiger charge is 2.21. The SMILES string of the molecule is O=C(O)c1cc(CS(=O)(=O)c2ccc(F)c(F)c2)on1. The number of benzene rings is 1. The quantitative estimate of drug-likeness (QED) is 0.862. The van der Waals surface area contributed by atoms with Crippen LogP contribution in [0.15, 0.2) is 33.7 Å². The van der Waals surface area contributed by atoms with E-state index >= 15 is 0 Å². The Kier molecular flexibility index (Phi) is 3.53. The molecule has 20 heavy (non-hydrogen) atoms. The van der Waals surface area contributed by atoms with E-state index in [1.165, 1.54) is 0 Å². The zero-order chi connectivity index (χ0) is 14.9. The largest absolute Gasteiger partial charge is 0.476 e. The predicted octanol–water partition coefficient (Wildman–Crippen LogP) is 1.62. The average molecular weight is 303 g/mol. The van der Waals surface area contributed by atoms with E-state index in [0.29, 0.717) is 12.1 Å². The first-order valence-electron chi connectivity index (χ1n) is 5.16. The van der Waals surface area contributed by atoms with Gasteiger partial charge in [0.1, 0.15) is 5.75 Å². The first kappa shape index (κ1) is 14.1. The Hall–Kier alpha value is -2.29. The van der Waals surface area contributed by atoms with Crippen LogP contribution in [-0.4, -0.2) is 24.7 Å². The minimum atomic E-state index is -4.00. The lowest BCUT2D eigenvalue weighted by Crippen LogP contribution is -2.05. The van der Waals surface area contributed by atoms with Gasteiger partial charge in [-0.25, -0.2) is 22.0 Å². The minimum Gasteiger partial charge on any atom is -0.476 e. The summed E-state index contributed by atoms with van der Waals surface area (Å²) in [4.78, 5) is 10.1. The number of carboxylic acid groups (broad SMARTS) is 1. The number of rotatable bonds is 4. The Bertz CT molecular complexity index is 769. The number of sulfone groups is 1. The van der Waals surface area contributed by atoms with E-state index in [2.05, 4.69) is 9.68 Å². The Balaban J connectivity index is 2.30. The molecule has 0 unspecified atom stereocenters. The van der Waals surface area contributed by atoms with Crippen LogP contribution in [0.2, 0.25) is 0 Å². The highest BCUT2D eigenvalue weighted by molar-refractivity contribution is 7.90. The van der Waals surface area contributed by atoms with Crippen molar-refractivity contribution >= 4 is 15.8 Å². The fraction of sp³-hybridized carbons (Fsp3) is 0.0909. The Labute approximate surface area is 111 Å². The fourth-order valence-corrected chi connectivity index (χ4v) is 2.66. The van der Waals surface area contributed by atoms with Crippen molar-refractivity contribution in [1.29, 1.82) is 0 Å². The summed E-state index contributed by atoms with van der Waals surface area (Å²) in [6, 6.07) is 3.08. The summed E-state index contributed by atoms with van der Waals surface area (Å²) in [5.41, 5.74) is -0.444. The lowest BCUT2D eigenvalue weighted by Gasteiger charge is -2.02. The molecule has 0 saturated carbocycles. The molecule has 1 aromatic heterocycles. The molecule has 0 radical (unpaired) electrons. The molecule has 1 aromatic carbocycles. The summed E-state index contributed by atoms with van der Waals surface area (Å²) in [7, 11) is -4.00. The van der Waals surface area contributed by atoms with Crippen LogP contribution in [0.4, 0.5) is 8.78 Å². The standard InChI is InChI=1S/C11H7F2NO5S/c12-8-2-1-7(4-9(8)13)20(17,18)5-6-3-10(11(15)16)14-19-6/h1-4H,5H2,(H,15,16). The third kappa shape index (κ3) is 2.82. The number of aromatic carboxylic acids is 1. The fourth-order valence-electron chi connectivity index (χ4n) is 1.42. The van der Waals surface area contributed by atoms with Crippen LogP contribution in [0.3, 0.4) is 0 Å². The highest BCUT2D eigenvalue weighted by Crippen LogP contribution is 2.19. The molecule has 0 atom stereocenters. The third-order valence-electron chi connectivity index (χ3n) is 2.36. The number of nitrogens with zero attached hydrogens (tertiary/aromatic N) is 1. The van der Waals surface area contributed by atoms with Gasteiger partial charge in [-0.3, -0.25) is 0 Å². The molecular weight excluding hydrogens is 296 g/mol. The van der Waals surface area contributed by atoms with Gasteiger partial charge in [0, 0.05) is 6.07 Å². The lowest BCUT2D eigenvalue weighted by atomic mass is 10.3. The predicted molar refractivity (Wildman–Crippen MR) is 60.7 cm³/mol. The lowest BCUT2D eigenvalue weighted by molar-refractivity contribution is 0.0685. The maximum absolute atomic E-state index is 13.0. The van der Waals surface area contributed by atoms with Crippen LogP contribution in [0.5, 0.6) is 0 Å². The van der Waals surface area contributed by atoms with Crippen molar-refractivity contribution < 1.29 is 31.6 Å². The van der Waals surface area contributed by atoms with Crippen molar-refractivity contribution in [1.82, 2.24) is 5.16 Å². The van der Waals surface area contributed by atoms with Crippen LogP contribution in [0.1, 0.15) is 16.2 Å². The number of hydrogen-bond donors (Lipinski definition) is 1. The van der Waals surface area contributed by atoms with Crippen molar-refractivity contribution in [2.24, 2.45) is 0 Å². The summed E-state index contributed by atoms with van der Waals surface area (Å²) in [6.07, 6.45) is 0. The van der Waals surface area contributed by atoms with Crippen molar-refractivity contribution in [3.05, 3.63) is 47.4 Å². The second kappa shape index (κ2) is 5.00. The van der Waals surface area contributed by atoms with Gasteiger partial charge < -0.3 is 9.63 Å². The first-order valence-corrected chi connectivity index (χ1v) is 6.81. The molecule has 0 fully saturated rings. The van der Waals surface area contributed by atoms with Gasteiger partial charge in [-0.1, -0.05) is 5.16 Å². The van der Waals surface area contributed by atoms with Gasteiger partial charge in [-0.05, 0) is 18.2 Å². The van der Waals surface area contributed by atoms with Gasteiger partial charge in [0.15, 0.2) is 32.9 Å². The van der Waals surface area contributed by atoms with Gasteiger partial charge >= 0.3 is 5.97 Å². The number of halogens is 2. The summed E-state index contributed by atoms with van der Waals surface area (Å²) >= 11 is 0. The van der Waals surface area contributed by atoms with E-state index in [9.17, 15) is 22.0 Å². The smallest absolute Gasteiger partial charge is 0.358 e. The van der Waals surface area contributed by atoms with E-state index in [1.54, 1.807) is 0 Å². The van der Waals surface area contributed by atoms with Gasteiger partial charge in [-0.15, -0.1) is 0 Å². The van der Waals surface area contributed by atoms with E-state index in [-0.39, 0.29) is 5.76 Å². The Morgan fingerprint density at radius 2 is 1.95 bits per heavy atom. The molecule has 0 saturated heterocycles. The van der Waals surface area contributed by atoms with E-state index in [4.69, 9.17) is 5.11 Å². The topological polar surface area (TPSA) is 97.5 Å². The molecule has 1 heterocycles. The number of aromatic nitrogens is 1. The molecule has 106 valence electrons. The van der Waals surface area contributed by atoms with Gasteiger partial charge in [0.05, 0.1) is 4.90 Å². The summed E-state index contributed by atoms with van der Waals surface area (Å²) in [5.74, 6) is -4.76. The molecule has 0 aliphatic rings. The van der Waals surface area contributed by atoms with Crippen molar-refractivity contribution in [2.45, 2.75) is 10.6 Å². The zero-order valence-corrected chi connectivity index (χ0v) is 10.5. The van der Waals surface area contributed by atoms with Crippen molar-refractivity contribution in [3.63, 3.8) is 0 Å².